The van der Waals surface area contributed by atoms with Gasteiger partial charge in [0.1, 0.15) is 0 Å². The summed E-state index contributed by atoms with van der Waals surface area (Å²) in [7, 11) is 0. The zero-order valence-electron chi connectivity index (χ0n) is 11.5. The zero-order chi connectivity index (χ0) is 13.2. The second-order valence-electron chi connectivity index (χ2n) is 4.85. The van der Waals surface area contributed by atoms with E-state index < -0.39 is 0 Å². The Hall–Kier alpha value is -0.760. The van der Waals surface area contributed by atoms with E-state index in [4.69, 9.17) is 0 Å². The molecule has 0 fully saturated rings. The van der Waals surface area contributed by atoms with Crippen molar-refractivity contribution >= 4 is 16.9 Å². The standard InChI is InChI=1S/C16H24OS/c1-3-18-16(17)13-14(2)9-7-8-12-15-10-5-4-6-11-15/h4-6,10-11,14H,3,7-9,12-13H2,1-2H3/t14-/m1/s1. The molecule has 1 aromatic carbocycles. The molecule has 18 heavy (non-hydrogen) atoms. The Labute approximate surface area is 115 Å². The Morgan fingerprint density at radius 2 is 1.94 bits per heavy atom. The first-order chi connectivity index (χ1) is 8.72. The maximum Gasteiger partial charge on any atom is 0.189 e. The van der Waals surface area contributed by atoms with E-state index in [-0.39, 0.29) is 0 Å². The van der Waals surface area contributed by atoms with Crippen molar-refractivity contribution in [2.75, 3.05) is 5.75 Å². The van der Waals surface area contributed by atoms with Crippen LogP contribution in [0.3, 0.4) is 0 Å². The molecule has 0 unspecified atom stereocenters. The molecule has 1 atom stereocenters. The van der Waals surface area contributed by atoms with Crippen molar-refractivity contribution < 1.29 is 4.79 Å². The third kappa shape index (κ3) is 6.85. The first-order valence-electron chi connectivity index (χ1n) is 6.92. The summed E-state index contributed by atoms with van der Waals surface area (Å²) >= 11 is 1.46. The summed E-state index contributed by atoms with van der Waals surface area (Å²) in [6.45, 7) is 4.23. The lowest BCUT2D eigenvalue weighted by atomic mass is 9.99. The predicted octanol–water partition coefficient (Wildman–Crippen LogP) is 4.71. The number of benzene rings is 1. The second kappa shape index (κ2) is 9.21. The van der Waals surface area contributed by atoms with Crippen LogP contribution in [0.4, 0.5) is 0 Å². The Bertz CT molecular complexity index is 334. The molecule has 0 amide bonds. The van der Waals surface area contributed by atoms with E-state index >= 15 is 0 Å². The molecule has 0 heterocycles. The van der Waals surface area contributed by atoms with Gasteiger partial charge in [0.25, 0.3) is 0 Å². The molecule has 0 bridgehead atoms. The number of carbonyl (C=O) groups excluding carboxylic acids is 1. The summed E-state index contributed by atoms with van der Waals surface area (Å²) in [6.07, 6.45) is 5.52. The monoisotopic (exact) mass is 264 g/mol. The maximum absolute atomic E-state index is 11.5. The average molecular weight is 264 g/mol. The van der Waals surface area contributed by atoms with Crippen LogP contribution in [0.2, 0.25) is 0 Å². The van der Waals surface area contributed by atoms with Gasteiger partial charge in [-0.15, -0.1) is 0 Å². The highest BCUT2D eigenvalue weighted by molar-refractivity contribution is 8.13. The van der Waals surface area contributed by atoms with E-state index in [1.54, 1.807) is 0 Å². The molecule has 0 spiro atoms. The maximum atomic E-state index is 11.5. The summed E-state index contributed by atoms with van der Waals surface area (Å²) < 4.78 is 0. The molecular formula is C16H24OS. The van der Waals surface area contributed by atoms with Gasteiger partial charge in [-0.3, -0.25) is 4.79 Å². The van der Waals surface area contributed by atoms with Crippen LogP contribution in [0.15, 0.2) is 30.3 Å². The van der Waals surface area contributed by atoms with Gasteiger partial charge in [0.15, 0.2) is 5.12 Å². The van der Waals surface area contributed by atoms with Crippen LogP contribution < -0.4 is 0 Å². The molecule has 0 aliphatic carbocycles. The Morgan fingerprint density at radius 3 is 2.61 bits per heavy atom. The van der Waals surface area contributed by atoms with Crippen molar-refractivity contribution in [3.05, 3.63) is 35.9 Å². The van der Waals surface area contributed by atoms with Gasteiger partial charge in [0.05, 0.1) is 0 Å². The summed E-state index contributed by atoms with van der Waals surface area (Å²) in [5, 5.41) is 0.355. The molecule has 1 nitrogen and oxygen atoms in total. The van der Waals surface area contributed by atoms with Crippen LogP contribution in [0.25, 0.3) is 0 Å². The first kappa shape index (κ1) is 15.3. The molecule has 0 saturated carbocycles. The molecule has 0 aliphatic rings. The van der Waals surface area contributed by atoms with Gasteiger partial charge < -0.3 is 0 Å². The third-order valence-electron chi connectivity index (χ3n) is 3.08. The van der Waals surface area contributed by atoms with Crippen molar-refractivity contribution in [3.63, 3.8) is 0 Å². The summed E-state index contributed by atoms with van der Waals surface area (Å²) in [6, 6.07) is 10.6. The fraction of sp³-hybridized carbons (Fsp3) is 0.562. The van der Waals surface area contributed by atoms with Gasteiger partial charge in [-0.25, -0.2) is 0 Å². The Morgan fingerprint density at radius 1 is 1.22 bits per heavy atom. The number of carbonyl (C=O) groups is 1. The molecule has 1 rings (SSSR count). The van der Waals surface area contributed by atoms with Crippen molar-refractivity contribution in [1.29, 1.82) is 0 Å². The lowest BCUT2D eigenvalue weighted by Gasteiger charge is -2.09. The van der Waals surface area contributed by atoms with E-state index in [0.29, 0.717) is 11.0 Å². The quantitative estimate of drug-likeness (QED) is 0.633. The zero-order valence-corrected chi connectivity index (χ0v) is 12.3. The van der Waals surface area contributed by atoms with Gasteiger partial charge in [0, 0.05) is 6.42 Å². The average Bonchev–Trinajstić information content (AvgIpc) is 2.36. The summed E-state index contributed by atoms with van der Waals surface area (Å²) in [5.74, 6) is 1.44. The number of hydrogen-bond acceptors (Lipinski definition) is 2. The van der Waals surface area contributed by atoms with Gasteiger partial charge >= 0.3 is 0 Å². The summed E-state index contributed by atoms with van der Waals surface area (Å²) in [4.78, 5) is 11.5. The molecule has 1 aromatic rings. The third-order valence-corrected chi connectivity index (χ3v) is 3.85. The molecule has 2 heteroatoms. The minimum absolute atomic E-state index is 0.355. The lowest BCUT2D eigenvalue weighted by molar-refractivity contribution is -0.111. The van der Waals surface area contributed by atoms with Crippen LogP contribution in [-0.4, -0.2) is 10.9 Å². The smallest absolute Gasteiger partial charge is 0.189 e. The van der Waals surface area contributed by atoms with Crippen molar-refractivity contribution in [2.45, 2.75) is 46.0 Å². The number of aryl methyl sites for hydroxylation is 1. The van der Waals surface area contributed by atoms with Crippen LogP contribution in [-0.2, 0) is 11.2 Å². The topological polar surface area (TPSA) is 17.1 Å². The molecule has 100 valence electrons. The molecule has 0 saturated heterocycles. The van der Waals surface area contributed by atoms with Crippen molar-refractivity contribution in [1.82, 2.24) is 0 Å². The molecule has 0 aliphatic heterocycles. The number of unbranched alkanes of at least 4 members (excludes halogenated alkanes) is 1. The highest BCUT2D eigenvalue weighted by atomic mass is 32.2. The van der Waals surface area contributed by atoms with Gasteiger partial charge in [-0.1, -0.05) is 68.8 Å². The SMILES string of the molecule is CCSC(=O)C[C@H](C)CCCCc1ccccc1. The van der Waals surface area contributed by atoms with Gasteiger partial charge in [-0.05, 0) is 30.1 Å². The fourth-order valence-electron chi connectivity index (χ4n) is 2.07. The van der Waals surface area contributed by atoms with Crippen LogP contribution in [0.1, 0.15) is 45.1 Å². The molecule has 0 N–H and O–H groups in total. The van der Waals surface area contributed by atoms with Gasteiger partial charge in [-0.2, -0.15) is 0 Å². The number of rotatable bonds is 8. The summed E-state index contributed by atoms with van der Waals surface area (Å²) in [5.41, 5.74) is 1.42. The van der Waals surface area contributed by atoms with E-state index in [1.165, 1.54) is 36.6 Å². The number of hydrogen-bond donors (Lipinski definition) is 0. The normalized spacial score (nSPS) is 12.3. The minimum atomic E-state index is 0.355. The Balaban J connectivity index is 2.09. The van der Waals surface area contributed by atoms with Crippen molar-refractivity contribution in [2.24, 2.45) is 5.92 Å². The largest absolute Gasteiger partial charge is 0.287 e. The number of thioether (sulfide) groups is 1. The first-order valence-corrected chi connectivity index (χ1v) is 7.90. The minimum Gasteiger partial charge on any atom is -0.287 e. The van der Waals surface area contributed by atoms with Crippen LogP contribution in [0.5, 0.6) is 0 Å². The van der Waals surface area contributed by atoms with E-state index in [0.717, 1.165) is 18.6 Å². The molecular weight excluding hydrogens is 240 g/mol. The fourth-order valence-corrected chi connectivity index (χ4v) is 2.80. The highest BCUT2D eigenvalue weighted by Crippen LogP contribution is 2.17. The molecule has 0 aromatic heterocycles. The van der Waals surface area contributed by atoms with E-state index in [1.807, 2.05) is 6.92 Å². The van der Waals surface area contributed by atoms with Gasteiger partial charge in [0.2, 0.25) is 0 Å². The van der Waals surface area contributed by atoms with Crippen LogP contribution in [0, 0.1) is 5.92 Å². The second-order valence-corrected chi connectivity index (χ2v) is 6.17. The highest BCUT2D eigenvalue weighted by Gasteiger charge is 2.08. The molecule has 0 radical (unpaired) electrons. The Kier molecular flexibility index (Phi) is 7.83. The van der Waals surface area contributed by atoms with Crippen molar-refractivity contribution in [3.8, 4) is 0 Å². The van der Waals surface area contributed by atoms with E-state index in [9.17, 15) is 4.79 Å². The predicted molar refractivity (Wildman–Crippen MR) is 80.9 cm³/mol. The lowest BCUT2D eigenvalue weighted by Crippen LogP contribution is -2.02. The van der Waals surface area contributed by atoms with E-state index in [2.05, 4.69) is 37.3 Å². The van der Waals surface area contributed by atoms with Crippen LogP contribution >= 0.6 is 11.8 Å².